The molecule has 0 aliphatic heterocycles. The van der Waals surface area contributed by atoms with Crippen molar-refractivity contribution in [2.24, 2.45) is 5.10 Å². The lowest BCUT2D eigenvalue weighted by atomic mass is 10.2. The van der Waals surface area contributed by atoms with Gasteiger partial charge in [0, 0.05) is 14.5 Å². The third kappa shape index (κ3) is 5.18. The van der Waals surface area contributed by atoms with E-state index in [9.17, 15) is 9.59 Å². The average molecular weight is 781 g/mol. The largest absolute Gasteiger partial charge is 0.487 e. The molecule has 0 bridgehead atoms. The smallest absolute Gasteiger partial charge is 0.349 e. The Kier molecular flexibility index (Phi) is 7.52. The van der Waals surface area contributed by atoms with Crippen molar-refractivity contribution in [1.29, 1.82) is 0 Å². The van der Waals surface area contributed by atoms with Gasteiger partial charge in [0.05, 0.1) is 24.3 Å². The maximum Gasteiger partial charge on any atom is 0.349 e. The highest BCUT2D eigenvalue weighted by molar-refractivity contribution is 14.1. The Hall–Kier alpha value is -1.51. The Labute approximate surface area is 226 Å². The summed E-state index contributed by atoms with van der Waals surface area (Å²) in [7, 11) is 0. The van der Waals surface area contributed by atoms with Crippen molar-refractivity contribution in [1.82, 2.24) is 9.66 Å². The van der Waals surface area contributed by atoms with E-state index in [2.05, 4.69) is 87.1 Å². The van der Waals surface area contributed by atoms with E-state index in [-0.39, 0.29) is 0 Å². The first kappa shape index (κ1) is 23.6. The molecule has 0 spiro atoms. The summed E-state index contributed by atoms with van der Waals surface area (Å²) in [5.74, 6) is 0.763. The van der Waals surface area contributed by atoms with Crippen LogP contribution in [0.1, 0.15) is 11.1 Å². The Morgan fingerprint density at radius 3 is 2.47 bits per heavy atom. The van der Waals surface area contributed by atoms with Gasteiger partial charge in [-0.15, -0.1) is 4.68 Å². The highest BCUT2D eigenvalue weighted by atomic mass is 127. The Balaban J connectivity index is 1.60. The predicted molar refractivity (Wildman–Crippen MR) is 150 cm³/mol. The molecule has 1 heterocycles. The summed E-state index contributed by atoms with van der Waals surface area (Å²) in [4.78, 5) is 27.6. The molecule has 0 saturated heterocycles. The molecule has 6 nitrogen and oxygen atoms in total. The fourth-order valence-electron chi connectivity index (χ4n) is 2.96. The predicted octanol–water partition coefficient (Wildman–Crippen LogP) is 5.89. The highest BCUT2D eigenvalue weighted by Crippen LogP contribution is 2.30. The SMILES string of the molecule is O=c1[nH]c2ccccc2c(=O)n1N=Cc1cc(I)c(OCc2ccc(Br)cc2Br)c(I)c1. The third-order valence-electron chi connectivity index (χ3n) is 4.51. The van der Waals surface area contributed by atoms with Crippen LogP contribution in [-0.2, 0) is 6.61 Å². The van der Waals surface area contributed by atoms with Gasteiger partial charge in [-0.1, -0.05) is 50.1 Å². The van der Waals surface area contributed by atoms with Gasteiger partial charge in [-0.25, -0.2) is 4.79 Å². The molecule has 0 fully saturated rings. The molecule has 0 aliphatic carbocycles. The molecule has 162 valence electrons. The molecule has 0 aliphatic rings. The fraction of sp³-hybridized carbons (Fsp3) is 0.0455. The molecule has 32 heavy (non-hydrogen) atoms. The van der Waals surface area contributed by atoms with Crippen molar-refractivity contribution in [3.63, 3.8) is 0 Å². The first-order valence-electron chi connectivity index (χ1n) is 9.17. The minimum Gasteiger partial charge on any atom is -0.487 e. The van der Waals surface area contributed by atoms with Crippen LogP contribution < -0.4 is 16.0 Å². The summed E-state index contributed by atoms with van der Waals surface area (Å²) in [6, 6.07) is 16.6. The van der Waals surface area contributed by atoms with Crippen molar-refractivity contribution >= 4 is 94.2 Å². The van der Waals surface area contributed by atoms with Crippen molar-refractivity contribution in [3.8, 4) is 5.75 Å². The summed E-state index contributed by atoms with van der Waals surface area (Å²) in [5, 5.41) is 4.53. The normalized spacial score (nSPS) is 11.4. The van der Waals surface area contributed by atoms with Crippen LogP contribution in [-0.4, -0.2) is 15.9 Å². The number of aromatic amines is 1. The first-order chi connectivity index (χ1) is 15.3. The van der Waals surface area contributed by atoms with Crippen LogP contribution in [0.2, 0.25) is 0 Å². The van der Waals surface area contributed by atoms with E-state index in [4.69, 9.17) is 4.74 Å². The molecule has 0 radical (unpaired) electrons. The summed E-state index contributed by atoms with van der Waals surface area (Å²) in [5.41, 5.74) is 1.20. The minimum atomic E-state index is -0.589. The van der Waals surface area contributed by atoms with Gasteiger partial charge in [0.1, 0.15) is 12.4 Å². The van der Waals surface area contributed by atoms with Crippen molar-refractivity contribution < 1.29 is 4.74 Å². The first-order valence-corrected chi connectivity index (χ1v) is 12.9. The summed E-state index contributed by atoms with van der Waals surface area (Å²) < 4.78 is 10.6. The quantitative estimate of drug-likeness (QED) is 0.203. The number of benzene rings is 3. The monoisotopic (exact) mass is 779 g/mol. The number of nitrogens with one attached hydrogen (secondary N) is 1. The molecular formula is C22H13Br2I2N3O3. The van der Waals surface area contributed by atoms with Crippen molar-refractivity contribution in [2.75, 3.05) is 0 Å². The number of H-pyrrole nitrogens is 1. The number of halogens is 4. The topological polar surface area (TPSA) is 76.5 Å². The maximum absolute atomic E-state index is 12.6. The molecule has 0 unspecified atom stereocenters. The van der Waals surface area contributed by atoms with Crippen LogP contribution in [0.15, 0.2) is 78.2 Å². The number of fused-ring (bicyclic) bond motifs is 1. The lowest BCUT2D eigenvalue weighted by Crippen LogP contribution is -2.32. The standard InChI is InChI=1S/C22H13Br2I2N3O3/c23-14-6-5-13(16(24)9-14)11-32-20-17(25)7-12(8-18(20)26)10-27-29-21(30)15-3-1-2-4-19(15)28-22(29)31/h1-10H,11H2,(H,28,31). The zero-order valence-corrected chi connectivity index (χ0v) is 23.6. The molecular weight excluding hydrogens is 768 g/mol. The summed E-state index contributed by atoms with van der Waals surface area (Å²) >= 11 is 11.4. The Morgan fingerprint density at radius 2 is 1.75 bits per heavy atom. The van der Waals surface area contributed by atoms with Crippen molar-refractivity contribution in [2.45, 2.75) is 6.61 Å². The number of aromatic nitrogens is 2. The molecule has 1 N–H and O–H groups in total. The molecule has 1 aromatic heterocycles. The number of rotatable bonds is 5. The van der Waals surface area contributed by atoms with Gasteiger partial charge in [0.2, 0.25) is 0 Å². The second kappa shape index (κ2) is 10.2. The van der Waals surface area contributed by atoms with Crippen molar-refractivity contribution in [3.05, 3.63) is 103 Å². The van der Waals surface area contributed by atoms with Gasteiger partial charge in [-0.05, 0) is 87.1 Å². The van der Waals surface area contributed by atoms with E-state index in [1.165, 1.54) is 6.21 Å². The van der Waals surface area contributed by atoms with Crippen LogP contribution in [0.25, 0.3) is 10.9 Å². The minimum absolute atomic E-state index is 0.399. The van der Waals surface area contributed by atoms with E-state index in [1.807, 2.05) is 30.3 Å². The Bertz CT molecular complexity index is 1460. The zero-order valence-electron chi connectivity index (χ0n) is 16.1. The molecule has 3 aromatic carbocycles. The molecule has 4 rings (SSSR count). The summed E-state index contributed by atoms with van der Waals surface area (Å²) in [6.07, 6.45) is 1.49. The van der Waals surface area contributed by atoms with Gasteiger partial charge in [0.25, 0.3) is 5.56 Å². The van der Waals surface area contributed by atoms with Gasteiger partial charge >= 0.3 is 5.69 Å². The van der Waals surface area contributed by atoms with E-state index in [0.717, 1.165) is 37.6 Å². The van der Waals surface area contributed by atoms with E-state index < -0.39 is 11.2 Å². The third-order valence-corrected chi connectivity index (χ3v) is 7.35. The van der Waals surface area contributed by atoms with E-state index in [0.29, 0.717) is 17.5 Å². The molecule has 10 heteroatoms. The highest BCUT2D eigenvalue weighted by Gasteiger charge is 2.11. The second-order valence-corrected chi connectivity index (χ2v) is 10.8. The van der Waals surface area contributed by atoms with Crippen LogP contribution in [0, 0.1) is 7.14 Å². The number of ether oxygens (including phenoxy) is 1. The maximum atomic E-state index is 12.6. The number of nitrogens with zero attached hydrogens (tertiary/aromatic N) is 2. The Morgan fingerprint density at radius 1 is 1.03 bits per heavy atom. The van der Waals surface area contributed by atoms with Crippen LogP contribution in [0.5, 0.6) is 5.75 Å². The van der Waals surface area contributed by atoms with Crippen LogP contribution in [0.3, 0.4) is 0 Å². The van der Waals surface area contributed by atoms with Crippen LogP contribution >= 0.6 is 77.0 Å². The van der Waals surface area contributed by atoms with E-state index in [1.54, 1.807) is 24.3 Å². The summed E-state index contributed by atoms with van der Waals surface area (Å²) in [6.45, 7) is 0.412. The lowest BCUT2D eigenvalue weighted by molar-refractivity contribution is 0.301. The zero-order chi connectivity index (χ0) is 22.8. The molecule has 4 aromatic rings. The lowest BCUT2D eigenvalue weighted by Gasteiger charge is -2.12. The number of hydrogen-bond donors (Lipinski definition) is 1. The fourth-order valence-corrected chi connectivity index (χ4v) is 6.25. The molecule has 0 amide bonds. The van der Waals surface area contributed by atoms with Gasteiger partial charge in [0.15, 0.2) is 0 Å². The second-order valence-electron chi connectivity index (χ2n) is 6.68. The van der Waals surface area contributed by atoms with E-state index >= 15 is 0 Å². The van der Waals surface area contributed by atoms with Gasteiger partial charge in [-0.2, -0.15) is 5.10 Å². The number of para-hydroxylation sites is 1. The van der Waals surface area contributed by atoms with Gasteiger partial charge < -0.3 is 9.72 Å². The molecule has 0 atom stereocenters. The average Bonchev–Trinajstić information content (AvgIpc) is 2.74. The van der Waals surface area contributed by atoms with Crippen LogP contribution in [0.4, 0.5) is 0 Å². The molecule has 0 saturated carbocycles. The van der Waals surface area contributed by atoms with Gasteiger partial charge in [-0.3, -0.25) is 4.79 Å². The number of hydrogen-bond acceptors (Lipinski definition) is 4.